The van der Waals surface area contributed by atoms with Crippen LogP contribution in [-0.2, 0) is 20.2 Å². The largest absolute Gasteiger partial charge is 0.489 e. The Balaban J connectivity index is 1.36. The highest BCUT2D eigenvalue weighted by Crippen LogP contribution is 2.16. The number of aryl methyl sites for hydroxylation is 1. The molecule has 1 heterocycles. The molecule has 1 N–H and O–H groups in total. The third kappa shape index (κ3) is 6.33. The van der Waals surface area contributed by atoms with Crippen molar-refractivity contribution in [3.8, 4) is 5.75 Å². The summed E-state index contributed by atoms with van der Waals surface area (Å²) in [7, 11) is 1.84. The Bertz CT molecular complexity index is 840. The number of thioether (sulfide) groups is 1. The van der Waals surface area contributed by atoms with E-state index in [1.807, 2.05) is 25.2 Å². The lowest BCUT2D eigenvalue weighted by Crippen LogP contribution is -2.15. The van der Waals surface area contributed by atoms with E-state index in [4.69, 9.17) is 4.74 Å². The minimum atomic E-state index is -0.238. The van der Waals surface area contributed by atoms with Gasteiger partial charge in [-0.1, -0.05) is 36.0 Å². The van der Waals surface area contributed by atoms with Crippen LogP contribution in [0.1, 0.15) is 17.5 Å². The number of aromatic nitrogens is 4. The Hall–Kier alpha value is -2.45. The van der Waals surface area contributed by atoms with E-state index >= 15 is 0 Å². The van der Waals surface area contributed by atoms with E-state index in [-0.39, 0.29) is 5.82 Å². The summed E-state index contributed by atoms with van der Waals surface area (Å²) in [6.07, 6.45) is 1.03. The second-order valence-electron chi connectivity index (χ2n) is 6.03. The predicted molar refractivity (Wildman–Crippen MR) is 103 cm³/mol. The Morgan fingerprint density at radius 1 is 1.15 bits per heavy atom. The molecule has 2 aromatic carbocycles. The van der Waals surface area contributed by atoms with Gasteiger partial charge in [-0.3, -0.25) is 0 Å². The number of hydrogen-bond donors (Lipinski definition) is 1. The van der Waals surface area contributed by atoms with Gasteiger partial charge in [0.05, 0.1) is 0 Å². The first-order chi connectivity index (χ1) is 13.2. The molecule has 0 saturated heterocycles. The van der Waals surface area contributed by atoms with E-state index in [2.05, 4.69) is 26.9 Å². The van der Waals surface area contributed by atoms with Gasteiger partial charge in [0, 0.05) is 19.3 Å². The SMILES string of the molecule is Cn1nnnc1SCCCNCc1cccc(OCc2ccc(F)cc2)c1. The zero-order valence-electron chi connectivity index (χ0n) is 15.1. The van der Waals surface area contributed by atoms with Crippen molar-refractivity contribution < 1.29 is 9.13 Å². The zero-order valence-corrected chi connectivity index (χ0v) is 16.0. The average molecular weight is 387 g/mol. The molecule has 3 rings (SSSR count). The minimum absolute atomic E-state index is 0.238. The van der Waals surface area contributed by atoms with Crippen molar-refractivity contribution in [1.82, 2.24) is 25.5 Å². The summed E-state index contributed by atoms with van der Waals surface area (Å²) in [4.78, 5) is 0. The van der Waals surface area contributed by atoms with Crippen LogP contribution >= 0.6 is 11.8 Å². The molecule has 0 aliphatic heterocycles. The van der Waals surface area contributed by atoms with Crippen molar-refractivity contribution in [2.45, 2.75) is 24.7 Å². The second-order valence-corrected chi connectivity index (χ2v) is 7.09. The van der Waals surface area contributed by atoms with Crippen LogP contribution in [0.25, 0.3) is 0 Å². The van der Waals surface area contributed by atoms with Crippen LogP contribution in [0.15, 0.2) is 53.7 Å². The Morgan fingerprint density at radius 3 is 2.78 bits per heavy atom. The van der Waals surface area contributed by atoms with Crippen LogP contribution < -0.4 is 10.1 Å². The summed E-state index contributed by atoms with van der Waals surface area (Å²) >= 11 is 1.65. The maximum atomic E-state index is 12.9. The molecule has 6 nitrogen and oxygen atoms in total. The van der Waals surface area contributed by atoms with Crippen molar-refractivity contribution in [1.29, 1.82) is 0 Å². The third-order valence-electron chi connectivity index (χ3n) is 3.86. The van der Waals surface area contributed by atoms with Gasteiger partial charge in [0.1, 0.15) is 18.2 Å². The highest BCUT2D eigenvalue weighted by molar-refractivity contribution is 7.99. The highest BCUT2D eigenvalue weighted by Gasteiger charge is 2.02. The maximum absolute atomic E-state index is 12.9. The topological polar surface area (TPSA) is 64.9 Å². The van der Waals surface area contributed by atoms with Crippen molar-refractivity contribution in [3.05, 3.63) is 65.5 Å². The number of halogens is 1. The van der Waals surface area contributed by atoms with Crippen LogP contribution in [0.4, 0.5) is 4.39 Å². The molecule has 0 bridgehead atoms. The number of nitrogens with one attached hydrogen (secondary N) is 1. The van der Waals surface area contributed by atoms with Gasteiger partial charge in [-0.2, -0.15) is 0 Å². The first-order valence-corrected chi connectivity index (χ1v) is 9.71. The Kier molecular flexibility index (Phi) is 7.18. The van der Waals surface area contributed by atoms with Gasteiger partial charge >= 0.3 is 0 Å². The van der Waals surface area contributed by atoms with E-state index in [0.717, 1.165) is 47.3 Å². The fraction of sp³-hybridized carbons (Fsp3) is 0.316. The smallest absolute Gasteiger partial charge is 0.209 e. The van der Waals surface area contributed by atoms with Crippen molar-refractivity contribution in [3.63, 3.8) is 0 Å². The van der Waals surface area contributed by atoms with Crippen molar-refractivity contribution >= 4 is 11.8 Å². The molecule has 0 atom stereocenters. The normalized spacial score (nSPS) is 10.9. The molecule has 0 fully saturated rings. The number of nitrogens with zero attached hydrogens (tertiary/aromatic N) is 4. The lowest BCUT2D eigenvalue weighted by Gasteiger charge is -2.09. The molecule has 142 valence electrons. The molecule has 0 aliphatic rings. The standard InChI is InChI=1S/C19H22FN5OS/c1-25-19(22-23-24-25)27-11-3-10-21-13-16-4-2-5-18(12-16)26-14-15-6-8-17(20)9-7-15/h2,4-9,12,21H,3,10-11,13-14H2,1H3. The number of ether oxygens (including phenoxy) is 1. The molecule has 3 aromatic rings. The lowest BCUT2D eigenvalue weighted by molar-refractivity contribution is 0.305. The Labute approximate surface area is 162 Å². The molecule has 8 heteroatoms. The average Bonchev–Trinajstić information content (AvgIpc) is 3.09. The molecule has 0 amide bonds. The van der Waals surface area contributed by atoms with Crippen LogP contribution in [0, 0.1) is 5.82 Å². The van der Waals surface area contributed by atoms with Crippen molar-refractivity contribution in [2.75, 3.05) is 12.3 Å². The highest BCUT2D eigenvalue weighted by atomic mass is 32.2. The second kappa shape index (κ2) is 10.0. The molecule has 0 aliphatic carbocycles. The van der Waals surface area contributed by atoms with E-state index < -0.39 is 0 Å². The molecule has 0 radical (unpaired) electrons. The molecule has 0 unspecified atom stereocenters. The molecular weight excluding hydrogens is 365 g/mol. The van der Waals surface area contributed by atoms with Gasteiger partial charge in [-0.15, -0.1) is 5.10 Å². The molecule has 0 spiro atoms. The first kappa shape index (κ1) is 19.3. The van der Waals surface area contributed by atoms with Crippen LogP contribution in [0.2, 0.25) is 0 Å². The minimum Gasteiger partial charge on any atom is -0.489 e. The Morgan fingerprint density at radius 2 is 2.00 bits per heavy atom. The monoisotopic (exact) mass is 387 g/mol. The maximum Gasteiger partial charge on any atom is 0.209 e. The van der Waals surface area contributed by atoms with E-state index in [1.165, 1.54) is 12.1 Å². The number of rotatable bonds is 10. The summed E-state index contributed by atoms with van der Waals surface area (Å²) in [5, 5.41) is 15.6. The zero-order chi connectivity index (χ0) is 18.9. The molecule has 1 aromatic heterocycles. The molecule has 27 heavy (non-hydrogen) atoms. The lowest BCUT2D eigenvalue weighted by atomic mass is 10.2. The number of benzene rings is 2. The summed E-state index contributed by atoms with van der Waals surface area (Å²) in [6.45, 7) is 2.12. The van der Waals surface area contributed by atoms with Gasteiger partial charge < -0.3 is 10.1 Å². The summed E-state index contributed by atoms with van der Waals surface area (Å²) in [5.41, 5.74) is 2.10. The predicted octanol–water partition coefficient (Wildman–Crippen LogP) is 3.20. The first-order valence-electron chi connectivity index (χ1n) is 8.73. The van der Waals surface area contributed by atoms with Crippen LogP contribution in [-0.4, -0.2) is 32.5 Å². The van der Waals surface area contributed by atoms with Gasteiger partial charge in [-0.25, -0.2) is 9.07 Å². The third-order valence-corrected chi connectivity index (χ3v) is 4.95. The van der Waals surface area contributed by atoms with Gasteiger partial charge in [0.2, 0.25) is 5.16 Å². The van der Waals surface area contributed by atoms with Crippen LogP contribution in [0.5, 0.6) is 5.75 Å². The summed E-state index contributed by atoms with van der Waals surface area (Å²) in [5.74, 6) is 1.53. The van der Waals surface area contributed by atoms with E-state index in [0.29, 0.717) is 6.61 Å². The number of hydrogen-bond acceptors (Lipinski definition) is 6. The molecule has 0 saturated carbocycles. The van der Waals surface area contributed by atoms with Gasteiger partial charge in [-0.05, 0) is 58.8 Å². The summed E-state index contributed by atoms with van der Waals surface area (Å²) < 4.78 is 20.4. The van der Waals surface area contributed by atoms with E-state index in [9.17, 15) is 4.39 Å². The quantitative estimate of drug-likeness (QED) is 0.426. The van der Waals surface area contributed by atoms with Gasteiger partial charge in [0.15, 0.2) is 0 Å². The van der Waals surface area contributed by atoms with E-state index in [1.54, 1.807) is 28.6 Å². The van der Waals surface area contributed by atoms with Crippen molar-refractivity contribution in [2.24, 2.45) is 7.05 Å². The fourth-order valence-electron chi connectivity index (χ4n) is 2.43. The molecular formula is C19H22FN5OS. The summed E-state index contributed by atoms with van der Waals surface area (Å²) in [6, 6.07) is 14.4. The fourth-order valence-corrected chi connectivity index (χ4v) is 3.22. The van der Waals surface area contributed by atoms with Crippen LogP contribution in [0.3, 0.4) is 0 Å². The van der Waals surface area contributed by atoms with Gasteiger partial charge in [0.25, 0.3) is 0 Å². The number of tetrazole rings is 1.